The van der Waals surface area contributed by atoms with Gasteiger partial charge in [-0.2, -0.15) is 0 Å². The Morgan fingerprint density at radius 2 is 2.04 bits per heavy atom. The predicted octanol–water partition coefficient (Wildman–Crippen LogP) is 4.09. The number of benzene rings is 1. The lowest BCUT2D eigenvalue weighted by molar-refractivity contribution is 0.206. The van der Waals surface area contributed by atoms with Crippen molar-refractivity contribution in [1.29, 1.82) is 0 Å². The SMILES string of the molecule is CCCN1CCCC(c2cc(NS(=O)(=O)c3cccc(C)c3)cc(C)n2)C1. The number of anilines is 1. The first-order valence-electron chi connectivity index (χ1n) is 9.68. The van der Waals surface area contributed by atoms with Crippen LogP contribution in [-0.4, -0.2) is 37.9 Å². The number of rotatable bonds is 6. The Labute approximate surface area is 162 Å². The molecule has 1 saturated heterocycles. The quantitative estimate of drug-likeness (QED) is 0.811. The molecular weight excluding hydrogens is 358 g/mol. The van der Waals surface area contributed by atoms with Gasteiger partial charge in [-0.05, 0) is 76.0 Å². The van der Waals surface area contributed by atoms with Crippen LogP contribution in [0.5, 0.6) is 0 Å². The summed E-state index contributed by atoms with van der Waals surface area (Å²) >= 11 is 0. The Morgan fingerprint density at radius 1 is 1.22 bits per heavy atom. The summed E-state index contributed by atoms with van der Waals surface area (Å²) in [4.78, 5) is 7.47. The number of nitrogens with one attached hydrogen (secondary N) is 1. The molecule has 1 N–H and O–H groups in total. The molecule has 1 atom stereocenters. The minimum absolute atomic E-state index is 0.283. The van der Waals surface area contributed by atoms with Crippen LogP contribution in [0, 0.1) is 13.8 Å². The highest BCUT2D eigenvalue weighted by molar-refractivity contribution is 7.92. The molecule has 1 aromatic heterocycles. The fraction of sp³-hybridized carbons (Fsp3) is 0.476. The highest BCUT2D eigenvalue weighted by atomic mass is 32.2. The molecule has 146 valence electrons. The summed E-state index contributed by atoms with van der Waals surface area (Å²) in [5, 5.41) is 0. The second kappa shape index (κ2) is 8.40. The zero-order valence-electron chi connectivity index (χ0n) is 16.4. The largest absolute Gasteiger partial charge is 0.303 e. The number of piperidine rings is 1. The molecule has 1 fully saturated rings. The summed E-state index contributed by atoms with van der Waals surface area (Å²) < 4.78 is 28.2. The van der Waals surface area contributed by atoms with Crippen LogP contribution in [-0.2, 0) is 10.0 Å². The van der Waals surface area contributed by atoms with Crippen LogP contribution in [0.25, 0.3) is 0 Å². The highest BCUT2D eigenvalue weighted by Crippen LogP contribution is 2.28. The van der Waals surface area contributed by atoms with E-state index in [1.165, 1.54) is 0 Å². The lowest BCUT2D eigenvalue weighted by atomic mass is 9.93. The van der Waals surface area contributed by atoms with Gasteiger partial charge in [0.05, 0.1) is 10.6 Å². The van der Waals surface area contributed by atoms with Crippen molar-refractivity contribution in [2.45, 2.75) is 50.8 Å². The molecule has 27 heavy (non-hydrogen) atoms. The molecule has 5 nitrogen and oxygen atoms in total. The number of hydrogen-bond acceptors (Lipinski definition) is 4. The van der Waals surface area contributed by atoms with E-state index in [1.807, 2.05) is 26.0 Å². The lowest BCUT2D eigenvalue weighted by Crippen LogP contribution is -2.35. The molecule has 1 aliphatic rings. The van der Waals surface area contributed by atoms with Gasteiger partial charge in [0, 0.05) is 23.9 Å². The topological polar surface area (TPSA) is 62.3 Å². The van der Waals surface area contributed by atoms with Gasteiger partial charge in [-0.1, -0.05) is 19.1 Å². The monoisotopic (exact) mass is 387 g/mol. The molecule has 2 heterocycles. The van der Waals surface area contributed by atoms with E-state index in [0.29, 0.717) is 11.6 Å². The van der Waals surface area contributed by atoms with Gasteiger partial charge >= 0.3 is 0 Å². The number of hydrogen-bond donors (Lipinski definition) is 1. The fourth-order valence-electron chi connectivity index (χ4n) is 3.78. The third kappa shape index (κ3) is 5.08. The Kier molecular flexibility index (Phi) is 6.17. The van der Waals surface area contributed by atoms with Crippen molar-refractivity contribution >= 4 is 15.7 Å². The first-order valence-corrected chi connectivity index (χ1v) is 11.2. The molecule has 0 radical (unpaired) electrons. The van der Waals surface area contributed by atoms with Crippen molar-refractivity contribution in [1.82, 2.24) is 9.88 Å². The summed E-state index contributed by atoms with van der Waals surface area (Å²) in [5.41, 5.74) is 3.33. The van der Waals surface area contributed by atoms with Gasteiger partial charge < -0.3 is 4.90 Å². The minimum Gasteiger partial charge on any atom is -0.303 e. The van der Waals surface area contributed by atoms with Crippen LogP contribution in [0.2, 0.25) is 0 Å². The Hall–Kier alpha value is -1.92. The summed E-state index contributed by atoms with van der Waals surface area (Å²) in [7, 11) is -3.61. The summed E-state index contributed by atoms with van der Waals surface area (Å²) in [6.45, 7) is 9.25. The number of likely N-dealkylation sites (tertiary alicyclic amines) is 1. The average Bonchev–Trinajstić information content (AvgIpc) is 2.61. The van der Waals surface area contributed by atoms with Gasteiger partial charge in [-0.3, -0.25) is 9.71 Å². The predicted molar refractivity (Wildman–Crippen MR) is 110 cm³/mol. The number of pyridine rings is 1. The summed E-state index contributed by atoms with van der Waals surface area (Å²) in [6.07, 6.45) is 3.40. The maximum absolute atomic E-state index is 12.8. The van der Waals surface area contributed by atoms with E-state index < -0.39 is 10.0 Å². The minimum atomic E-state index is -3.61. The van der Waals surface area contributed by atoms with Crippen molar-refractivity contribution in [3.8, 4) is 0 Å². The zero-order chi connectivity index (χ0) is 19.4. The Morgan fingerprint density at radius 3 is 2.78 bits per heavy atom. The summed E-state index contributed by atoms with van der Waals surface area (Å²) in [5.74, 6) is 0.354. The number of aromatic nitrogens is 1. The standard InChI is InChI=1S/C21H29N3O2S/c1-4-10-24-11-6-8-18(15-24)21-14-19(13-17(3)22-21)23-27(25,26)20-9-5-7-16(2)12-20/h5,7,9,12-14,18H,4,6,8,10-11,15H2,1-3H3,(H,22,23). The molecule has 0 bridgehead atoms. The zero-order valence-corrected chi connectivity index (χ0v) is 17.2. The van der Waals surface area contributed by atoms with E-state index in [1.54, 1.807) is 24.3 Å². The fourth-order valence-corrected chi connectivity index (χ4v) is 4.92. The van der Waals surface area contributed by atoms with E-state index in [0.717, 1.165) is 55.8 Å². The third-order valence-electron chi connectivity index (χ3n) is 4.99. The van der Waals surface area contributed by atoms with Gasteiger partial charge in [0.15, 0.2) is 0 Å². The van der Waals surface area contributed by atoms with Crippen molar-refractivity contribution < 1.29 is 8.42 Å². The molecule has 2 aromatic rings. The van der Waals surface area contributed by atoms with Crippen LogP contribution in [0.1, 0.15) is 49.1 Å². The summed E-state index contributed by atoms with van der Waals surface area (Å²) in [6, 6.07) is 10.6. The van der Waals surface area contributed by atoms with Crippen LogP contribution in [0.15, 0.2) is 41.3 Å². The third-order valence-corrected chi connectivity index (χ3v) is 6.37. The first kappa shape index (κ1) is 19.8. The van der Waals surface area contributed by atoms with Crippen molar-refractivity contribution in [2.24, 2.45) is 0 Å². The molecule has 0 amide bonds. The lowest BCUT2D eigenvalue weighted by Gasteiger charge is -2.32. The van der Waals surface area contributed by atoms with Gasteiger partial charge in [-0.25, -0.2) is 8.42 Å². The molecule has 3 rings (SSSR count). The number of aryl methyl sites for hydroxylation is 2. The van der Waals surface area contributed by atoms with Gasteiger partial charge in [0.2, 0.25) is 0 Å². The van der Waals surface area contributed by atoms with Crippen molar-refractivity contribution in [3.63, 3.8) is 0 Å². The van der Waals surface area contributed by atoms with E-state index >= 15 is 0 Å². The molecule has 0 saturated carbocycles. The van der Waals surface area contributed by atoms with E-state index in [9.17, 15) is 8.42 Å². The average molecular weight is 388 g/mol. The van der Waals surface area contributed by atoms with Crippen LogP contribution >= 0.6 is 0 Å². The van der Waals surface area contributed by atoms with Crippen LogP contribution < -0.4 is 4.72 Å². The van der Waals surface area contributed by atoms with Gasteiger partial charge in [0.25, 0.3) is 10.0 Å². The molecule has 0 spiro atoms. The molecule has 1 aliphatic heterocycles. The van der Waals surface area contributed by atoms with E-state index in [2.05, 4.69) is 16.5 Å². The van der Waals surface area contributed by atoms with Gasteiger partial charge in [-0.15, -0.1) is 0 Å². The molecule has 1 aromatic carbocycles. The van der Waals surface area contributed by atoms with E-state index in [4.69, 9.17) is 4.98 Å². The van der Waals surface area contributed by atoms with E-state index in [-0.39, 0.29) is 4.90 Å². The van der Waals surface area contributed by atoms with Gasteiger partial charge in [0.1, 0.15) is 0 Å². The van der Waals surface area contributed by atoms with Crippen LogP contribution in [0.4, 0.5) is 5.69 Å². The first-order chi connectivity index (χ1) is 12.9. The maximum atomic E-state index is 12.8. The van der Waals surface area contributed by atoms with Crippen molar-refractivity contribution in [3.05, 3.63) is 53.3 Å². The molecule has 1 unspecified atom stereocenters. The van der Waals surface area contributed by atoms with Crippen LogP contribution in [0.3, 0.4) is 0 Å². The Bertz CT molecular complexity index is 894. The molecular formula is C21H29N3O2S. The highest BCUT2D eigenvalue weighted by Gasteiger charge is 2.23. The number of sulfonamides is 1. The smallest absolute Gasteiger partial charge is 0.261 e. The number of nitrogens with zero attached hydrogens (tertiary/aromatic N) is 2. The second-order valence-corrected chi connectivity index (χ2v) is 9.17. The molecule has 0 aliphatic carbocycles. The van der Waals surface area contributed by atoms with Crippen molar-refractivity contribution in [2.75, 3.05) is 24.4 Å². The maximum Gasteiger partial charge on any atom is 0.261 e. The second-order valence-electron chi connectivity index (χ2n) is 7.48. The normalized spacial score (nSPS) is 18.4. The molecule has 6 heteroatoms. The Balaban J connectivity index is 1.83.